The van der Waals surface area contributed by atoms with E-state index in [1.54, 1.807) is 37.3 Å². The van der Waals surface area contributed by atoms with Crippen molar-refractivity contribution in [2.75, 3.05) is 6.61 Å². The van der Waals surface area contributed by atoms with Crippen LogP contribution >= 0.6 is 0 Å². The molecule has 0 unspecified atom stereocenters. The highest BCUT2D eigenvalue weighted by molar-refractivity contribution is 6.16. The van der Waals surface area contributed by atoms with Gasteiger partial charge in [-0.15, -0.1) is 0 Å². The molecule has 0 saturated heterocycles. The minimum Gasteiger partial charge on any atom is -0.466 e. The first kappa shape index (κ1) is 19.9. The topological polar surface area (TPSA) is 26.3 Å². The number of esters is 1. The lowest BCUT2D eigenvalue weighted by atomic mass is 9.86. The molecule has 4 aromatic carbocycles. The predicted molar refractivity (Wildman–Crippen MR) is 107 cm³/mol. The smallest absolute Gasteiger partial charge is 0.310 e. The van der Waals surface area contributed by atoms with Gasteiger partial charge in [0.05, 0.1) is 13.0 Å². The van der Waals surface area contributed by atoms with Gasteiger partial charge in [-0.1, -0.05) is 30.3 Å². The number of ether oxygens (including phenoxy) is 1. The first-order valence-corrected chi connectivity index (χ1v) is 9.34. The summed E-state index contributed by atoms with van der Waals surface area (Å²) in [5, 5.41) is 0.924. The molecule has 0 heterocycles. The highest BCUT2D eigenvalue weighted by Crippen LogP contribution is 2.41. The quantitative estimate of drug-likeness (QED) is 0.223. The van der Waals surface area contributed by atoms with Gasteiger partial charge in [0.25, 0.3) is 0 Å². The van der Waals surface area contributed by atoms with Crippen molar-refractivity contribution < 1.29 is 27.1 Å². The van der Waals surface area contributed by atoms with Crippen LogP contribution in [-0.2, 0) is 16.0 Å². The fourth-order valence-corrected chi connectivity index (χ4v) is 3.77. The molecule has 0 amide bonds. The van der Waals surface area contributed by atoms with Gasteiger partial charge in [-0.2, -0.15) is 0 Å². The van der Waals surface area contributed by atoms with Gasteiger partial charge in [0.15, 0.2) is 23.3 Å². The normalized spacial score (nSPS) is 11.2. The zero-order chi connectivity index (χ0) is 21.4. The first-order chi connectivity index (χ1) is 14.4. The van der Waals surface area contributed by atoms with Gasteiger partial charge < -0.3 is 4.74 Å². The molecular weight excluding hydrogens is 396 g/mol. The Morgan fingerprint density at radius 2 is 1.27 bits per heavy atom. The molecule has 0 N–H and O–H groups in total. The number of halogens is 4. The van der Waals surface area contributed by atoms with Crippen molar-refractivity contribution >= 4 is 27.5 Å². The monoisotopic (exact) mass is 412 g/mol. The van der Waals surface area contributed by atoms with Crippen LogP contribution in [0, 0.1) is 23.3 Å². The Morgan fingerprint density at radius 1 is 0.767 bits per heavy atom. The molecule has 4 aromatic rings. The van der Waals surface area contributed by atoms with Crippen molar-refractivity contribution in [1.29, 1.82) is 0 Å². The fraction of sp³-hybridized carbons (Fsp3) is 0.125. The molecular formula is C24H16F4O2. The number of benzene rings is 4. The van der Waals surface area contributed by atoms with Crippen molar-refractivity contribution in [2.24, 2.45) is 0 Å². The number of fused-ring (bicyclic) bond motifs is 3. The lowest BCUT2D eigenvalue weighted by Crippen LogP contribution is -2.10. The van der Waals surface area contributed by atoms with Crippen LogP contribution in [0.2, 0.25) is 0 Å². The summed E-state index contributed by atoms with van der Waals surface area (Å²) in [6.07, 6.45) is -0.241. The zero-order valence-electron chi connectivity index (χ0n) is 15.9. The molecule has 0 spiro atoms. The van der Waals surface area contributed by atoms with Gasteiger partial charge in [0.2, 0.25) is 0 Å². The number of hydrogen-bond donors (Lipinski definition) is 0. The van der Waals surface area contributed by atoms with Crippen LogP contribution in [0.15, 0.2) is 54.6 Å². The van der Waals surface area contributed by atoms with E-state index >= 15 is 0 Å². The van der Waals surface area contributed by atoms with Crippen molar-refractivity contribution in [3.63, 3.8) is 0 Å². The standard InChI is InChI=1S/C24H16F4O2/c1-2-30-23(29)12-18-16-10-20(26)19(25)8-14(16)15-9-21(27)22(28)11-17(15)24(18)13-6-4-3-5-7-13/h3-11H,2,12H2,1H3. The average molecular weight is 412 g/mol. The van der Waals surface area contributed by atoms with Crippen LogP contribution in [0.5, 0.6) is 0 Å². The Bertz CT molecular complexity index is 1280. The van der Waals surface area contributed by atoms with Crippen molar-refractivity contribution in [3.8, 4) is 11.1 Å². The van der Waals surface area contributed by atoms with Crippen LogP contribution in [0.4, 0.5) is 17.6 Å². The zero-order valence-corrected chi connectivity index (χ0v) is 15.9. The third-order valence-electron chi connectivity index (χ3n) is 5.00. The summed E-state index contributed by atoms with van der Waals surface area (Å²) in [6, 6.07) is 12.7. The van der Waals surface area contributed by atoms with Gasteiger partial charge in [-0.25, -0.2) is 17.6 Å². The fourth-order valence-electron chi connectivity index (χ4n) is 3.77. The molecule has 0 aliphatic carbocycles. The third-order valence-corrected chi connectivity index (χ3v) is 5.00. The summed E-state index contributed by atoms with van der Waals surface area (Å²) in [6.45, 7) is 1.80. The maximum Gasteiger partial charge on any atom is 0.310 e. The second-order valence-corrected chi connectivity index (χ2v) is 6.83. The molecule has 0 aliphatic rings. The summed E-state index contributed by atoms with van der Waals surface area (Å²) >= 11 is 0. The Kier molecular flexibility index (Phi) is 5.16. The van der Waals surface area contributed by atoms with Crippen LogP contribution < -0.4 is 0 Å². The molecule has 152 valence electrons. The van der Waals surface area contributed by atoms with E-state index in [9.17, 15) is 22.4 Å². The summed E-state index contributed by atoms with van der Waals surface area (Å²) in [5.74, 6) is -4.98. The molecule has 0 radical (unpaired) electrons. The van der Waals surface area contributed by atoms with Gasteiger partial charge >= 0.3 is 5.97 Å². The summed E-state index contributed by atoms with van der Waals surface area (Å²) < 4.78 is 61.6. The molecule has 0 atom stereocenters. The Morgan fingerprint density at radius 3 is 1.83 bits per heavy atom. The molecule has 0 aromatic heterocycles. The molecule has 0 saturated carbocycles. The predicted octanol–water partition coefficient (Wildman–Crippen LogP) is 6.32. The molecule has 2 nitrogen and oxygen atoms in total. The highest BCUT2D eigenvalue weighted by Gasteiger charge is 2.22. The Balaban J connectivity index is 2.21. The molecule has 4 rings (SSSR count). The summed E-state index contributed by atoms with van der Waals surface area (Å²) in [5.41, 5.74) is 1.42. The SMILES string of the molecule is CCOC(=O)Cc1c(-c2ccccc2)c2cc(F)c(F)cc2c2cc(F)c(F)cc12. The number of hydrogen-bond acceptors (Lipinski definition) is 2. The number of carbonyl (C=O) groups excluding carboxylic acids is 1. The van der Waals surface area contributed by atoms with E-state index in [1.807, 2.05) is 0 Å². The van der Waals surface area contributed by atoms with Crippen LogP contribution in [0.3, 0.4) is 0 Å². The second kappa shape index (κ2) is 7.78. The average Bonchev–Trinajstić information content (AvgIpc) is 2.72. The lowest BCUT2D eigenvalue weighted by molar-refractivity contribution is -0.142. The lowest BCUT2D eigenvalue weighted by Gasteiger charge is -2.18. The molecule has 0 aliphatic heterocycles. The largest absolute Gasteiger partial charge is 0.466 e. The Labute approximate surface area is 169 Å². The van der Waals surface area contributed by atoms with Crippen LogP contribution in [-0.4, -0.2) is 12.6 Å². The minimum absolute atomic E-state index is 0.147. The maximum atomic E-state index is 14.2. The first-order valence-electron chi connectivity index (χ1n) is 9.34. The van der Waals surface area contributed by atoms with Gasteiger partial charge in [0.1, 0.15) is 0 Å². The maximum absolute atomic E-state index is 14.2. The second-order valence-electron chi connectivity index (χ2n) is 6.83. The molecule has 30 heavy (non-hydrogen) atoms. The molecule has 0 bridgehead atoms. The Hall–Kier alpha value is -3.41. The van der Waals surface area contributed by atoms with Gasteiger partial charge in [-0.3, -0.25) is 4.79 Å². The summed E-state index contributed by atoms with van der Waals surface area (Å²) in [4.78, 5) is 12.3. The summed E-state index contributed by atoms with van der Waals surface area (Å²) in [7, 11) is 0. The van der Waals surface area contributed by atoms with Crippen molar-refractivity contribution in [1.82, 2.24) is 0 Å². The van der Waals surface area contributed by atoms with Crippen molar-refractivity contribution in [3.05, 3.63) is 83.4 Å². The van der Waals surface area contributed by atoms with Crippen LogP contribution in [0.25, 0.3) is 32.7 Å². The van der Waals surface area contributed by atoms with E-state index in [4.69, 9.17) is 4.74 Å². The molecule has 6 heteroatoms. The molecule has 0 fully saturated rings. The third kappa shape index (κ3) is 3.38. The van der Waals surface area contributed by atoms with Crippen molar-refractivity contribution in [2.45, 2.75) is 13.3 Å². The van der Waals surface area contributed by atoms with E-state index in [-0.39, 0.29) is 34.6 Å². The van der Waals surface area contributed by atoms with E-state index < -0.39 is 29.2 Å². The minimum atomic E-state index is -1.12. The van der Waals surface area contributed by atoms with Crippen LogP contribution in [0.1, 0.15) is 12.5 Å². The van der Waals surface area contributed by atoms with Gasteiger partial charge in [0, 0.05) is 0 Å². The van der Waals surface area contributed by atoms with E-state index in [1.165, 1.54) is 0 Å². The van der Waals surface area contributed by atoms with Gasteiger partial charge in [-0.05, 0) is 69.4 Å². The van der Waals surface area contributed by atoms with E-state index in [0.717, 1.165) is 24.3 Å². The number of rotatable bonds is 4. The number of carbonyl (C=O) groups is 1. The highest BCUT2D eigenvalue weighted by atomic mass is 19.2. The van der Waals surface area contributed by atoms with E-state index in [2.05, 4.69) is 0 Å². The van der Waals surface area contributed by atoms with E-state index in [0.29, 0.717) is 16.7 Å².